The number of halogens is 3. The van der Waals surface area contributed by atoms with Crippen LogP contribution in [0.2, 0.25) is 0 Å². The fourth-order valence-corrected chi connectivity index (χ4v) is 3.96. The Morgan fingerprint density at radius 3 is 2.32 bits per heavy atom. The highest BCUT2D eigenvalue weighted by Gasteiger charge is 2.10. The standard InChI is InChI=1S/C13H17Br3N2O/c1-8(2)17-5-3-4-12(19)18-13-10(15)6-9(14)7-11(13)16/h6-8,17H,3-5H2,1-2H3,(H,18,19). The number of hydrogen-bond donors (Lipinski definition) is 2. The summed E-state index contributed by atoms with van der Waals surface area (Å²) in [5.74, 6) is 0.0225. The van der Waals surface area contributed by atoms with E-state index in [4.69, 9.17) is 0 Å². The zero-order chi connectivity index (χ0) is 14.4. The molecule has 1 aromatic carbocycles. The molecule has 2 N–H and O–H groups in total. The van der Waals surface area contributed by atoms with E-state index >= 15 is 0 Å². The van der Waals surface area contributed by atoms with Gasteiger partial charge in [-0.3, -0.25) is 4.79 Å². The van der Waals surface area contributed by atoms with Crippen LogP contribution >= 0.6 is 47.8 Å². The number of rotatable bonds is 6. The summed E-state index contributed by atoms with van der Waals surface area (Å²) in [7, 11) is 0. The molecule has 0 bridgehead atoms. The van der Waals surface area contributed by atoms with Gasteiger partial charge >= 0.3 is 0 Å². The predicted octanol–water partition coefficient (Wildman–Crippen LogP) is 4.69. The fraction of sp³-hybridized carbons (Fsp3) is 0.462. The van der Waals surface area contributed by atoms with Crippen LogP contribution in [-0.2, 0) is 4.79 Å². The van der Waals surface area contributed by atoms with Crippen molar-refractivity contribution >= 4 is 59.4 Å². The number of amides is 1. The topological polar surface area (TPSA) is 41.1 Å². The van der Waals surface area contributed by atoms with E-state index in [2.05, 4.69) is 72.3 Å². The van der Waals surface area contributed by atoms with Gasteiger partial charge in [-0.1, -0.05) is 29.8 Å². The van der Waals surface area contributed by atoms with Crippen molar-refractivity contribution in [1.82, 2.24) is 5.32 Å². The third-order valence-electron chi connectivity index (χ3n) is 2.40. The largest absolute Gasteiger partial charge is 0.324 e. The summed E-state index contributed by atoms with van der Waals surface area (Å²) in [5, 5.41) is 6.20. The van der Waals surface area contributed by atoms with Crippen LogP contribution in [0.25, 0.3) is 0 Å². The summed E-state index contributed by atoms with van der Waals surface area (Å²) in [6.07, 6.45) is 1.34. The molecule has 0 fully saturated rings. The average molecular weight is 457 g/mol. The number of hydrogen-bond acceptors (Lipinski definition) is 2. The number of carbonyl (C=O) groups is 1. The van der Waals surface area contributed by atoms with Crippen molar-refractivity contribution < 1.29 is 4.79 Å². The van der Waals surface area contributed by atoms with E-state index in [1.165, 1.54) is 0 Å². The first-order chi connectivity index (χ1) is 8.90. The maximum atomic E-state index is 11.9. The van der Waals surface area contributed by atoms with Crippen LogP contribution in [0, 0.1) is 0 Å². The highest BCUT2D eigenvalue weighted by atomic mass is 79.9. The normalized spacial score (nSPS) is 10.8. The summed E-state index contributed by atoms with van der Waals surface area (Å²) < 4.78 is 2.65. The first-order valence-electron chi connectivity index (χ1n) is 6.08. The van der Waals surface area contributed by atoms with Gasteiger partial charge in [-0.2, -0.15) is 0 Å². The second-order valence-electron chi connectivity index (χ2n) is 4.50. The van der Waals surface area contributed by atoms with Gasteiger partial charge in [0, 0.05) is 25.9 Å². The molecule has 6 heteroatoms. The third kappa shape index (κ3) is 6.38. The van der Waals surface area contributed by atoms with Crippen molar-refractivity contribution in [2.24, 2.45) is 0 Å². The molecule has 0 aliphatic rings. The third-order valence-corrected chi connectivity index (χ3v) is 4.11. The summed E-state index contributed by atoms with van der Waals surface area (Å²) in [6.45, 7) is 5.04. The van der Waals surface area contributed by atoms with Crippen LogP contribution in [0.1, 0.15) is 26.7 Å². The smallest absolute Gasteiger partial charge is 0.224 e. The van der Waals surface area contributed by atoms with Gasteiger partial charge in [0.25, 0.3) is 0 Å². The van der Waals surface area contributed by atoms with Gasteiger partial charge < -0.3 is 10.6 Å². The maximum Gasteiger partial charge on any atom is 0.224 e. The molecule has 106 valence electrons. The molecule has 0 heterocycles. The quantitative estimate of drug-likeness (QED) is 0.610. The van der Waals surface area contributed by atoms with Gasteiger partial charge in [0.1, 0.15) is 0 Å². The Hall–Kier alpha value is 0.0900. The highest BCUT2D eigenvalue weighted by Crippen LogP contribution is 2.34. The van der Waals surface area contributed by atoms with Gasteiger partial charge in [0.15, 0.2) is 0 Å². The van der Waals surface area contributed by atoms with Crippen molar-refractivity contribution in [2.45, 2.75) is 32.7 Å². The predicted molar refractivity (Wildman–Crippen MR) is 90.5 cm³/mol. The monoisotopic (exact) mass is 454 g/mol. The zero-order valence-corrected chi connectivity index (χ0v) is 15.7. The molecule has 19 heavy (non-hydrogen) atoms. The van der Waals surface area contributed by atoms with Gasteiger partial charge in [0.2, 0.25) is 5.91 Å². The van der Waals surface area contributed by atoms with Crippen LogP contribution in [-0.4, -0.2) is 18.5 Å². The Morgan fingerprint density at radius 2 is 1.79 bits per heavy atom. The first-order valence-corrected chi connectivity index (χ1v) is 8.46. The van der Waals surface area contributed by atoms with Crippen LogP contribution in [0.4, 0.5) is 5.69 Å². The zero-order valence-electron chi connectivity index (χ0n) is 10.9. The molecule has 0 saturated heterocycles. The number of anilines is 1. The Morgan fingerprint density at radius 1 is 1.21 bits per heavy atom. The molecular formula is C13H17Br3N2O. The van der Waals surface area contributed by atoms with E-state index in [9.17, 15) is 4.79 Å². The highest BCUT2D eigenvalue weighted by molar-refractivity contribution is 9.11. The van der Waals surface area contributed by atoms with Crippen molar-refractivity contribution in [3.05, 3.63) is 25.6 Å². The van der Waals surface area contributed by atoms with Crippen LogP contribution < -0.4 is 10.6 Å². The molecule has 3 nitrogen and oxygen atoms in total. The molecule has 0 aliphatic heterocycles. The summed E-state index contributed by atoms with van der Waals surface area (Å²) in [6, 6.07) is 4.26. The van der Waals surface area contributed by atoms with E-state index in [0.29, 0.717) is 12.5 Å². The Balaban J connectivity index is 2.49. The minimum absolute atomic E-state index is 0.0225. The van der Waals surface area contributed by atoms with Crippen molar-refractivity contribution in [2.75, 3.05) is 11.9 Å². The summed E-state index contributed by atoms with van der Waals surface area (Å²) >= 11 is 10.3. The van der Waals surface area contributed by atoms with E-state index in [0.717, 1.165) is 32.1 Å². The van der Waals surface area contributed by atoms with Crippen molar-refractivity contribution in [3.8, 4) is 0 Å². The fourth-order valence-electron chi connectivity index (χ4n) is 1.50. The van der Waals surface area contributed by atoms with E-state index < -0.39 is 0 Å². The molecule has 0 saturated carbocycles. The molecule has 0 unspecified atom stereocenters. The molecule has 0 aliphatic carbocycles. The number of nitrogens with one attached hydrogen (secondary N) is 2. The lowest BCUT2D eigenvalue weighted by Crippen LogP contribution is -2.24. The Labute approximate surface area is 139 Å². The minimum atomic E-state index is 0.0225. The molecule has 1 rings (SSSR count). The molecule has 0 radical (unpaired) electrons. The Kier molecular flexibility index (Phi) is 7.57. The SMILES string of the molecule is CC(C)NCCCC(=O)Nc1c(Br)cc(Br)cc1Br. The molecule has 0 spiro atoms. The van der Waals surface area contributed by atoms with E-state index in [1.54, 1.807) is 0 Å². The van der Waals surface area contributed by atoms with E-state index in [-0.39, 0.29) is 5.91 Å². The van der Waals surface area contributed by atoms with E-state index in [1.807, 2.05) is 12.1 Å². The van der Waals surface area contributed by atoms with Gasteiger partial charge in [-0.05, 0) is 57.0 Å². The second-order valence-corrected chi connectivity index (χ2v) is 7.13. The summed E-state index contributed by atoms with van der Waals surface area (Å²) in [4.78, 5) is 11.9. The molecule has 1 amide bonds. The van der Waals surface area contributed by atoms with Gasteiger partial charge in [0.05, 0.1) is 5.69 Å². The molecule has 1 aromatic rings. The van der Waals surface area contributed by atoms with Crippen LogP contribution in [0.15, 0.2) is 25.6 Å². The minimum Gasteiger partial charge on any atom is -0.324 e. The van der Waals surface area contributed by atoms with Gasteiger partial charge in [-0.25, -0.2) is 0 Å². The Bertz CT molecular complexity index is 427. The van der Waals surface area contributed by atoms with Crippen molar-refractivity contribution in [1.29, 1.82) is 0 Å². The second kappa shape index (κ2) is 8.39. The first kappa shape index (κ1) is 17.1. The lowest BCUT2D eigenvalue weighted by atomic mass is 10.2. The number of carbonyl (C=O) groups excluding carboxylic acids is 1. The summed E-state index contributed by atoms with van der Waals surface area (Å²) in [5.41, 5.74) is 0.769. The van der Waals surface area contributed by atoms with Crippen LogP contribution in [0.5, 0.6) is 0 Å². The molecule has 0 aromatic heterocycles. The van der Waals surface area contributed by atoms with Crippen LogP contribution in [0.3, 0.4) is 0 Å². The van der Waals surface area contributed by atoms with Gasteiger partial charge in [-0.15, -0.1) is 0 Å². The van der Waals surface area contributed by atoms with Crippen molar-refractivity contribution in [3.63, 3.8) is 0 Å². The molecule has 0 atom stereocenters. The lowest BCUT2D eigenvalue weighted by molar-refractivity contribution is -0.116. The molecular weight excluding hydrogens is 440 g/mol. The number of benzene rings is 1. The lowest BCUT2D eigenvalue weighted by Gasteiger charge is -2.11. The average Bonchev–Trinajstić information content (AvgIpc) is 2.29. The maximum absolute atomic E-state index is 11.9.